The Morgan fingerprint density at radius 1 is 0.517 bits per heavy atom. The highest BCUT2D eigenvalue weighted by molar-refractivity contribution is 4.80. The van der Waals surface area contributed by atoms with Gasteiger partial charge in [0.15, 0.2) is 0 Å². The summed E-state index contributed by atoms with van der Waals surface area (Å²) in [6, 6.07) is 0. The van der Waals surface area contributed by atoms with Crippen LogP contribution in [0.25, 0.3) is 0 Å². The van der Waals surface area contributed by atoms with Gasteiger partial charge in [0, 0.05) is 6.61 Å². The second-order valence-electron chi connectivity index (χ2n) is 8.45. The van der Waals surface area contributed by atoms with Gasteiger partial charge in [0.05, 0.1) is 6.61 Å². The van der Waals surface area contributed by atoms with Crippen molar-refractivity contribution in [3.63, 3.8) is 0 Å². The second-order valence-corrected chi connectivity index (χ2v) is 8.45. The molecule has 0 saturated heterocycles. The molecule has 0 aliphatic rings. The van der Waals surface area contributed by atoms with E-state index in [0.717, 1.165) is 25.9 Å². The summed E-state index contributed by atoms with van der Waals surface area (Å²) in [5, 5.41) is 8.74. The molecular weight excluding hydrogens is 360 g/mol. The topological polar surface area (TPSA) is 38.7 Å². The first kappa shape index (κ1) is 28.6. The summed E-state index contributed by atoms with van der Waals surface area (Å²) in [4.78, 5) is 10.4. The second kappa shape index (κ2) is 27.6. The predicted molar refractivity (Wildman–Crippen MR) is 126 cm³/mol. The first-order chi connectivity index (χ1) is 14.4. The normalized spacial score (nSPS) is 11.7. The van der Waals surface area contributed by atoms with Crippen molar-refractivity contribution in [1.82, 2.24) is 0 Å². The van der Waals surface area contributed by atoms with Crippen LogP contribution in [0.3, 0.4) is 0 Å². The maximum Gasteiger partial charge on any atom is 0.100 e. The lowest BCUT2D eigenvalue weighted by molar-refractivity contribution is -0.286. The van der Waals surface area contributed by atoms with Crippen LogP contribution >= 0.6 is 0 Å². The van der Waals surface area contributed by atoms with Gasteiger partial charge in [-0.2, -0.15) is 0 Å². The third-order valence-electron chi connectivity index (χ3n) is 5.52. The molecule has 0 saturated carbocycles. The molecule has 0 heterocycles. The fourth-order valence-electron chi connectivity index (χ4n) is 3.59. The van der Waals surface area contributed by atoms with E-state index in [1.165, 1.54) is 109 Å². The molecule has 0 unspecified atom stereocenters. The number of hydrogen-bond acceptors (Lipinski definition) is 3. The average molecular weight is 413 g/mol. The highest BCUT2D eigenvalue weighted by Gasteiger charge is 1.95. The van der Waals surface area contributed by atoms with Crippen LogP contribution in [-0.2, 0) is 9.78 Å². The molecule has 0 rings (SSSR count). The summed E-state index contributed by atoms with van der Waals surface area (Å²) in [5.74, 6) is 0. The molecule has 29 heavy (non-hydrogen) atoms. The lowest BCUT2D eigenvalue weighted by Gasteiger charge is -2.04. The van der Waals surface area contributed by atoms with E-state index in [4.69, 9.17) is 14.9 Å². The Labute approximate surface area is 182 Å². The van der Waals surface area contributed by atoms with Gasteiger partial charge in [-0.05, 0) is 25.7 Å². The molecule has 0 fully saturated rings. The summed E-state index contributed by atoms with van der Waals surface area (Å²) < 4.78 is 0. The fourth-order valence-corrected chi connectivity index (χ4v) is 3.59. The first-order valence-corrected chi connectivity index (χ1v) is 12.9. The number of hydrogen-bond donors (Lipinski definition) is 1. The standard InChI is InChI=1S/C26H52O3/c1-2-3-4-5-16-19-22-25-28-29-26-23-20-17-14-12-10-8-6-7-9-11-13-15-18-21-24-27/h19,22,27H,2-18,20-21,23-26H2,1H3/b22-19-. The van der Waals surface area contributed by atoms with E-state index in [9.17, 15) is 0 Å². The Balaban J connectivity index is 3.02. The third kappa shape index (κ3) is 27.6. The van der Waals surface area contributed by atoms with E-state index in [1.54, 1.807) is 0 Å². The van der Waals surface area contributed by atoms with Gasteiger partial charge in [-0.25, -0.2) is 9.78 Å². The summed E-state index contributed by atoms with van der Waals surface area (Å²) in [6.07, 6.45) is 30.4. The van der Waals surface area contributed by atoms with Crippen LogP contribution < -0.4 is 0 Å². The van der Waals surface area contributed by atoms with Crippen LogP contribution in [-0.4, -0.2) is 24.9 Å². The smallest absolute Gasteiger partial charge is 0.100 e. The molecule has 0 aromatic rings. The van der Waals surface area contributed by atoms with Gasteiger partial charge < -0.3 is 5.11 Å². The predicted octanol–water partition coefficient (Wildman–Crippen LogP) is 8.31. The van der Waals surface area contributed by atoms with Crippen molar-refractivity contribution in [3.8, 4) is 0 Å². The number of rotatable bonds is 25. The molecule has 174 valence electrons. The summed E-state index contributed by atoms with van der Waals surface area (Å²) in [6.45, 7) is 3.91. The minimum Gasteiger partial charge on any atom is -0.396 e. The zero-order chi connectivity index (χ0) is 21.1. The highest BCUT2D eigenvalue weighted by atomic mass is 17.2. The van der Waals surface area contributed by atoms with Crippen molar-refractivity contribution in [1.29, 1.82) is 0 Å². The van der Waals surface area contributed by atoms with Crippen molar-refractivity contribution in [2.75, 3.05) is 19.8 Å². The minimum atomic E-state index is 0.360. The molecule has 0 aliphatic carbocycles. The Bertz CT molecular complexity index is 304. The lowest BCUT2D eigenvalue weighted by Crippen LogP contribution is -1.97. The van der Waals surface area contributed by atoms with E-state index in [0.29, 0.717) is 13.2 Å². The van der Waals surface area contributed by atoms with E-state index >= 15 is 0 Å². The van der Waals surface area contributed by atoms with Gasteiger partial charge in [0.25, 0.3) is 0 Å². The zero-order valence-electron chi connectivity index (χ0n) is 19.7. The Hall–Kier alpha value is -0.380. The quantitative estimate of drug-likeness (QED) is 0.0709. The van der Waals surface area contributed by atoms with Crippen LogP contribution in [0, 0.1) is 0 Å². The lowest BCUT2D eigenvalue weighted by atomic mass is 10.0. The first-order valence-electron chi connectivity index (χ1n) is 12.9. The molecular formula is C26H52O3. The van der Waals surface area contributed by atoms with Gasteiger partial charge in [-0.15, -0.1) is 0 Å². The number of aliphatic hydroxyl groups excluding tert-OH is 1. The Kier molecular flexibility index (Phi) is 27.3. The minimum absolute atomic E-state index is 0.360. The van der Waals surface area contributed by atoms with Gasteiger partial charge >= 0.3 is 0 Å². The molecule has 0 spiro atoms. The fraction of sp³-hybridized carbons (Fsp3) is 0.923. The van der Waals surface area contributed by atoms with E-state index in [1.807, 2.05) is 0 Å². The monoisotopic (exact) mass is 412 g/mol. The van der Waals surface area contributed by atoms with Crippen molar-refractivity contribution in [2.45, 2.75) is 135 Å². The van der Waals surface area contributed by atoms with Gasteiger partial charge in [0.1, 0.15) is 6.61 Å². The number of allylic oxidation sites excluding steroid dienone is 1. The SMILES string of the molecule is CCCCCC/C=C\COOCCCCCCCCCCCCCCCCCO. The maximum absolute atomic E-state index is 8.74. The molecule has 0 aromatic heterocycles. The third-order valence-corrected chi connectivity index (χ3v) is 5.52. The summed E-state index contributed by atoms with van der Waals surface area (Å²) in [5.41, 5.74) is 0. The molecule has 0 aliphatic heterocycles. The summed E-state index contributed by atoms with van der Waals surface area (Å²) >= 11 is 0. The van der Waals surface area contributed by atoms with Crippen molar-refractivity contribution in [2.24, 2.45) is 0 Å². The molecule has 0 aromatic carbocycles. The van der Waals surface area contributed by atoms with E-state index in [-0.39, 0.29) is 0 Å². The molecule has 0 radical (unpaired) electrons. The van der Waals surface area contributed by atoms with E-state index < -0.39 is 0 Å². The zero-order valence-corrected chi connectivity index (χ0v) is 19.7. The summed E-state index contributed by atoms with van der Waals surface area (Å²) in [7, 11) is 0. The van der Waals surface area contributed by atoms with Crippen LogP contribution in [0.15, 0.2) is 12.2 Å². The van der Waals surface area contributed by atoms with Crippen LogP contribution in [0.1, 0.15) is 135 Å². The largest absolute Gasteiger partial charge is 0.396 e. The van der Waals surface area contributed by atoms with Crippen LogP contribution in [0.5, 0.6) is 0 Å². The molecule has 3 heteroatoms. The average Bonchev–Trinajstić information content (AvgIpc) is 2.74. The molecule has 0 amide bonds. The Morgan fingerprint density at radius 2 is 1.00 bits per heavy atom. The van der Waals surface area contributed by atoms with Gasteiger partial charge in [-0.1, -0.05) is 122 Å². The maximum atomic E-state index is 8.74. The highest BCUT2D eigenvalue weighted by Crippen LogP contribution is 2.13. The van der Waals surface area contributed by atoms with Crippen LogP contribution in [0.2, 0.25) is 0 Å². The van der Waals surface area contributed by atoms with Crippen molar-refractivity contribution < 1.29 is 14.9 Å². The molecule has 3 nitrogen and oxygen atoms in total. The van der Waals surface area contributed by atoms with Gasteiger partial charge in [0.2, 0.25) is 0 Å². The van der Waals surface area contributed by atoms with Crippen molar-refractivity contribution in [3.05, 3.63) is 12.2 Å². The molecule has 0 bridgehead atoms. The van der Waals surface area contributed by atoms with Crippen LogP contribution in [0.4, 0.5) is 0 Å². The van der Waals surface area contributed by atoms with E-state index in [2.05, 4.69) is 19.1 Å². The Morgan fingerprint density at radius 3 is 1.52 bits per heavy atom. The number of unbranched alkanes of at least 4 members (excludes halogenated alkanes) is 18. The van der Waals surface area contributed by atoms with Crippen molar-refractivity contribution >= 4 is 0 Å². The van der Waals surface area contributed by atoms with Gasteiger partial charge in [-0.3, -0.25) is 0 Å². The molecule has 0 atom stereocenters. The number of aliphatic hydroxyl groups is 1. The molecule has 1 N–H and O–H groups in total.